The maximum atomic E-state index is 12.9. The second kappa shape index (κ2) is 9.37. The Bertz CT molecular complexity index is 1210. The van der Waals surface area contributed by atoms with Gasteiger partial charge < -0.3 is 14.2 Å². The van der Waals surface area contributed by atoms with Crippen LogP contribution in [0.15, 0.2) is 47.3 Å². The number of aromatic nitrogens is 2. The Labute approximate surface area is 177 Å². The van der Waals surface area contributed by atoms with Crippen molar-refractivity contribution in [1.29, 1.82) is 0 Å². The van der Waals surface area contributed by atoms with E-state index >= 15 is 0 Å². The van der Waals surface area contributed by atoms with E-state index in [0.717, 1.165) is 0 Å². The van der Waals surface area contributed by atoms with Gasteiger partial charge in [-0.2, -0.15) is 0 Å². The Kier molecular flexibility index (Phi) is 6.64. The first kappa shape index (κ1) is 21.3. The topological polar surface area (TPSA) is 82.6 Å². The molecule has 0 saturated carbocycles. The van der Waals surface area contributed by atoms with Crippen LogP contribution in [0.3, 0.4) is 0 Å². The second-order valence-corrected chi connectivity index (χ2v) is 6.66. The van der Waals surface area contributed by atoms with Gasteiger partial charge in [0.05, 0.1) is 35.0 Å². The molecule has 0 amide bonds. The molecule has 1 aromatic heterocycles. The molecule has 7 nitrogen and oxygen atoms in total. The minimum Gasteiger partial charge on any atom is -0.490 e. The van der Waals surface area contributed by atoms with Crippen LogP contribution >= 0.6 is 11.6 Å². The average Bonchev–Trinajstić information content (AvgIpc) is 3.02. The van der Waals surface area contributed by atoms with E-state index in [9.17, 15) is 9.59 Å². The summed E-state index contributed by atoms with van der Waals surface area (Å²) in [5, 5.41) is 4.06. The van der Waals surface area contributed by atoms with Crippen molar-refractivity contribution in [1.82, 2.24) is 9.78 Å². The van der Waals surface area contributed by atoms with Gasteiger partial charge in [0, 0.05) is 0 Å². The first-order chi connectivity index (χ1) is 14.4. The number of rotatable bonds is 7. The van der Waals surface area contributed by atoms with Gasteiger partial charge in [0.1, 0.15) is 0 Å². The van der Waals surface area contributed by atoms with Gasteiger partial charge in [-0.05, 0) is 42.8 Å². The predicted octanol–water partition coefficient (Wildman–Crippen LogP) is 2.01. The highest BCUT2D eigenvalue weighted by molar-refractivity contribution is 6.32. The maximum absolute atomic E-state index is 12.9. The van der Waals surface area contributed by atoms with E-state index in [1.807, 2.05) is 37.3 Å². The molecule has 0 bridgehead atoms. The Morgan fingerprint density at radius 2 is 1.97 bits per heavy atom. The van der Waals surface area contributed by atoms with E-state index in [1.54, 1.807) is 18.2 Å². The van der Waals surface area contributed by atoms with Crippen molar-refractivity contribution in [3.63, 3.8) is 0 Å². The molecule has 0 radical (unpaired) electrons. The van der Waals surface area contributed by atoms with Crippen LogP contribution in [0.1, 0.15) is 12.5 Å². The zero-order valence-corrected chi connectivity index (χ0v) is 17.4. The Morgan fingerprint density at radius 3 is 2.63 bits per heavy atom. The number of nitrogens with zero attached hydrogens (tertiary/aromatic N) is 1. The summed E-state index contributed by atoms with van der Waals surface area (Å²) in [7, 11) is 1.27. The molecule has 156 valence electrons. The van der Waals surface area contributed by atoms with Crippen LogP contribution in [0.5, 0.6) is 11.5 Å². The normalized spacial score (nSPS) is 11.4. The van der Waals surface area contributed by atoms with E-state index in [4.69, 9.17) is 21.1 Å². The number of carbonyl (C=O) groups excluding carboxylic acids is 1. The molecule has 30 heavy (non-hydrogen) atoms. The molecule has 2 aromatic carbocycles. The first-order valence-electron chi connectivity index (χ1n) is 9.17. The molecule has 0 spiro atoms. The van der Waals surface area contributed by atoms with Gasteiger partial charge in [-0.3, -0.25) is 9.89 Å². The number of hydrogen-bond donors (Lipinski definition) is 1. The molecule has 1 N–H and O–H groups in total. The molecule has 0 aliphatic carbocycles. The Morgan fingerprint density at radius 1 is 1.23 bits per heavy atom. The van der Waals surface area contributed by atoms with E-state index < -0.39 is 5.97 Å². The van der Waals surface area contributed by atoms with E-state index in [2.05, 4.69) is 16.4 Å². The van der Waals surface area contributed by atoms with Crippen LogP contribution < -0.4 is 25.6 Å². The molecule has 0 saturated heterocycles. The Balaban J connectivity index is 2.06. The predicted molar refractivity (Wildman–Crippen MR) is 115 cm³/mol. The van der Waals surface area contributed by atoms with Crippen molar-refractivity contribution in [2.45, 2.75) is 6.92 Å². The lowest BCUT2D eigenvalue weighted by Gasteiger charge is -2.13. The SMILES string of the molecule is C=c1[nH]n(-c2ccccc2)c(=O)/c1=C\c1cc(Cl)c(OCC(=O)OC)c(OCC)c1. The average molecular weight is 429 g/mol. The van der Waals surface area contributed by atoms with Gasteiger partial charge in [-0.15, -0.1) is 0 Å². The second-order valence-electron chi connectivity index (χ2n) is 6.25. The maximum Gasteiger partial charge on any atom is 0.343 e. The standard InChI is InChI=1S/C22H21ClN2O5/c1-4-29-19-12-15(11-18(23)21(19)30-13-20(26)28-3)10-17-14(2)24-25(22(17)27)16-8-6-5-7-9-16/h5-12,24H,2,4,13H2,1,3H3/b17-10-. The number of aromatic amines is 1. The summed E-state index contributed by atoms with van der Waals surface area (Å²) in [5.74, 6) is 0.0380. The highest BCUT2D eigenvalue weighted by atomic mass is 35.5. The fraction of sp³-hybridized carbons (Fsp3) is 0.182. The number of H-pyrrole nitrogens is 1. The van der Waals surface area contributed by atoms with Crippen molar-refractivity contribution in [3.05, 3.63) is 74.0 Å². The summed E-state index contributed by atoms with van der Waals surface area (Å²) in [6.07, 6.45) is 1.67. The lowest BCUT2D eigenvalue weighted by molar-refractivity contribution is -0.142. The van der Waals surface area contributed by atoms with E-state index in [1.165, 1.54) is 11.8 Å². The number of esters is 1. The summed E-state index contributed by atoms with van der Waals surface area (Å²) in [4.78, 5) is 24.3. The van der Waals surface area contributed by atoms with Crippen LogP contribution in [0.4, 0.5) is 0 Å². The summed E-state index contributed by atoms with van der Waals surface area (Å²) in [6, 6.07) is 12.5. The molecular weight excluding hydrogens is 408 g/mol. The highest BCUT2D eigenvalue weighted by Crippen LogP contribution is 2.36. The molecule has 0 aliphatic heterocycles. The molecule has 0 unspecified atom stereocenters. The van der Waals surface area contributed by atoms with Gasteiger partial charge in [-0.1, -0.05) is 36.4 Å². The quantitative estimate of drug-likeness (QED) is 0.582. The third-order valence-electron chi connectivity index (χ3n) is 4.22. The fourth-order valence-corrected chi connectivity index (χ4v) is 3.11. The van der Waals surface area contributed by atoms with Crippen molar-refractivity contribution >= 4 is 30.2 Å². The summed E-state index contributed by atoms with van der Waals surface area (Å²) in [5.41, 5.74) is 1.08. The van der Waals surface area contributed by atoms with E-state index in [0.29, 0.717) is 34.2 Å². The van der Waals surface area contributed by atoms with Gasteiger partial charge >= 0.3 is 5.97 Å². The summed E-state index contributed by atoms with van der Waals surface area (Å²) < 4.78 is 17.1. The van der Waals surface area contributed by atoms with Gasteiger partial charge in [-0.25, -0.2) is 9.48 Å². The Hall–Kier alpha value is -3.45. The lowest BCUT2D eigenvalue weighted by Crippen LogP contribution is -2.33. The van der Waals surface area contributed by atoms with Gasteiger partial charge in [0.2, 0.25) is 0 Å². The van der Waals surface area contributed by atoms with Crippen LogP contribution in [0.25, 0.3) is 18.3 Å². The third-order valence-corrected chi connectivity index (χ3v) is 4.51. The van der Waals surface area contributed by atoms with Crippen molar-refractivity contribution < 1.29 is 19.0 Å². The summed E-state index contributed by atoms with van der Waals surface area (Å²) >= 11 is 6.36. The monoisotopic (exact) mass is 428 g/mol. The van der Waals surface area contributed by atoms with Crippen LogP contribution in [0.2, 0.25) is 5.02 Å². The third kappa shape index (κ3) is 4.58. The molecule has 0 fully saturated rings. The molecule has 8 heteroatoms. The lowest BCUT2D eigenvalue weighted by atomic mass is 10.1. The van der Waals surface area contributed by atoms with Gasteiger partial charge in [0.25, 0.3) is 5.56 Å². The number of halogens is 1. The first-order valence-corrected chi connectivity index (χ1v) is 9.55. The molecule has 3 aromatic rings. The van der Waals surface area contributed by atoms with Crippen LogP contribution in [-0.4, -0.2) is 36.1 Å². The van der Waals surface area contributed by atoms with Crippen LogP contribution in [-0.2, 0) is 9.53 Å². The zero-order valence-electron chi connectivity index (χ0n) is 16.6. The fourth-order valence-electron chi connectivity index (χ4n) is 2.83. The number of ether oxygens (including phenoxy) is 3. The number of methoxy groups -OCH3 is 1. The van der Waals surface area contributed by atoms with Gasteiger partial charge in [0.15, 0.2) is 18.1 Å². The molecular formula is C22H21ClN2O5. The van der Waals surface area contributed by atoms with Crippen LogP contribution in [0, 0.1) is 0 Å². The van der Waals surface area contributed by atoms with Crippen molar-refractivity contribution in [3.8, 4) is 17.2 Å². The largest absolute Gasteiger partial charge is 0.490 e. The molecule has 1 heterocycles. The number of carbonyl (C=O) groups is 1. The number of para-hydroxylation sites is 1. The number of hydrogen-bond acceptors (Lipinski definition) is 5. The zero-order chi connectivity index (χ0) is 21.7. The molecule has 0 aliphatic rings. The minimum atomic E-state index is -0.542. The molecule has 0 atom stereocenters. The van der Waals surface area contributed by atoms with Crippen molar-refractivity contribution in [2.75, 3.05) is 20.3 Å². The van der Waals surface area contributed by atoms with E-state index in [-0.39, 0.29) is 22.9 Å². The highest BCUT2D eigenvalue weighted by Gasteiger charge is 2.14. The summed E-state index contributed by atoms with van der Waals surface area (Å²) in [6.45, 7) is 5.80. The minimum absolute atomic E-state index is 0.228. The number of benzene rings is 2. The number of nitrogens with one attached hydrogen (secondary N) is 1. The van der Waals surface area contributed by atoms with Crippen molar-refractivity contribution in [2.24, 2.45) is 0 Å². The molecule has 3 rings (SSSR count). The smallest absolute Gasteiger partial charge is 0.343 e.